The van der Waals surface area contributed by atoms with E-state index in [4.69, 9.17) is 4.74 Å². The quantitative estimate of drug-likeness (QED) is 0.451. The van der Waals surface area contributed by atoms with Crippen molar-refractivity contribution >= 4 is 29.0 Å². The van der Waals surface area contributed by atoms with E-state index >= 15 is 0 Å². The van der Waals surface area contributed by atoms with Crippen molar-refractivity contribution in [1.29, 1.82) is 0 Å². The molecule has 1 amide bonds. The molecule has 8 heteroatoms. The molecular formula is C28H22FN3O3S. The van der Waals surface area contributed by atoms with Crippen LogP contribution in [0, 0.1) is 5.82 Å². The molecule has 0 saturated heterocycles. The molecule has 0 unspecified atom stereocenters. The van der Waals surface area contributed by atoms with Gasteiger partial charge in [0.2, 0.25) is 0 Å². The van der Waals surface area contributed by atoms with Gasteiger partial charge in [0.05, 0.1) is 29.0 Å². The summed E-state index contributed by atoms with van der Waals surface area (Å²) in [4.78, 5) is 32.3. The summed E-state index contributed by atoms with van der Waals surface area (Å²) in [7, 11) is 1.58. The number of amides is 1. The van der Waals surface area contributed by atoms with Crippen molar-refractivity contribution < 1.29 is 13.9 Å². The van der Waals surface area contributed by atoms with Gasteiger partial charge in [-0.2, -0.15) is 0 Å². The second-order valence-corrected chi connectivity index (χ2v) is 9.24. The average molecular weight is 500 g/mol. The van der Waals surface area contributed by atoms with Crippen LogP contribution in [0.1, 0.15) is 24.1 Å². The van der Waals surface area contributed by atoms with Crippen LogP contribution in [0.15, 0.2) is 99.9 Å². The van der Waals surface area contributed by atoms with Crippen LogP contribution >= 0.6 is 11.3 Å². The highest BCUT2D eigenvalue weighted by molar-refractivity contribution is 7.07. The Hall–Kier alpha value is -4.30. The van der Waals surface area contributed by atoms with Crippen LogP contribution < -0.4 is 24.9 Å². The number of carbonyl (C=O) groups excluding carboxylic acids is 1. The van der Waals surface area contributed by atoms with Gasteiger partial charge in [0.1, 0.15) is 11.6 Å². The number of nitrogens with one attached hydrogen (secondary N) is 1. The van der Waals surface area contributed by atoms with Crippen LogP contribution in [0.25, 0.3) is 6.08 Å². The molecule has 180 valence electrons. The molecule has 4 aromatic rings. The van der Waals surface area contributed by atoms with Crippen molar-refractivity contribution in [3.8, 4) is 5.75 Å². The van der Waals surface area contributed by atoms with Crippen LogP contribution in [0.4, 0.5) is 10.1 Å². The minimum atomic E-state index is -0.689. The topological polar surface area (TPSA) is 72.7 Å². The van der Waals surface area contributed by atoms with Gasteiger partial charge >= 0.3 is 0 Å². The van der Waals surface area contributed by atoms with Crippen molar-refractivity contribution in [2.75, 3.05) is 12.4 Å². The molecular weight excluding hydrogens is 477 g/mol. The molecule has 0 bridgehead atoms. The Bertz CT molecular complexity index is 1640. The third-order valence-electron chi connectivity index (χ3n) is 5.90. The van der Waals surface area contributed by atoms with Crippen LogP contribution in [0.2, 0.25) is 0 Å². The zero-order valence-corrected chi connectivity index (χ0v) is 20.4. The number of allylic oxidation sites excluding steroid dienone is 1. The highest BCUT2D eigenvalue weighted by Crippen LogP contribution is 2.31. The summed E-state index contributed by atoms with van der Waals surface area (Å²) in [6.07, 6.45) is 1.71. The standard InChI is InChI=1S/C28H22FN3O3S/c1-17-24(26(33)31-21-6-4-3-5-7-21)25(19-10-14-22(35-2)15-11-19)32-27(34)23(36-28(32)30-17)16-18-8-12-20(29)13-9-18/h3-16,25H,1-2H3,(H,31,33)/b23-16+/t25-/m1/s1. The second kappa shape index (κ2) is 9.75. The third-order valence-corrected chi connectivity index (χ3v) is 6.88. The van der Waals surface area contributed by atoms with E-state index in [0.29, 0.717) is 37.6 Å². The molecule has 1 aliphatic rings. The van der Waals surface area contributed by atoms with Crippen molar-refractivity contribution in [3.05, 3.63) is 127 Å². The van der Waals surface area contributed by atoms with Crippen molar-refractivity contribution in [3.63, 3.8) is 0 Å². The van der Waals surface area contributed by atoms with Crippen LogP contribution in [0.5, 0.6) is 5.75 Å². The SMILES string of the molecule is COc1ccc([C@@H]2C(C(=O)Nc3ccccc3)=C(C)N=c3s/c(=C/c4ccc(F)cc4)c(=O)n32)cc1. The molecule has 1 N–H and O–H groups in total. The zero-order valence-electron chi connectivity index (χ0n) is 19.6. The summed E-state index contributed by atoms with van der Waals surface area (Å²) in [5.74, 6) is -0.0210. The maximum absolute atomic E-state index is 13.7. The van der Waals surface area contributed by atoms with Crippen LogP contribution in [-0.2, 0) is 4.79 Å². The lowest BCUT2D eigenvalue weighted by atomic mass is 9.95. The largest absolute Gasteiger partial charge is 0.497 e. The molecule has 0 spiro atoms. The predicted molar refractivity (Wildman–Crippen MR) is 138 cm³/mol. The Morgan fingerprint density at radius 1 is 1.06 bits per heavy atom. The predicted octanol–water partition coefficient (Wildman–Crippen LogP) is 4.02. The second-order valence-electron chi connectivity index (χ2n) is 8.23. The number of carbonyl (C=O) groups is 1. The van der Waals surface area contributed by atoms with Crippen molar-refractivity contribution in [2.45, 2.75) is 13.0 Å². The van der Waals surface area contributed by atoms with E-state index in [0.717, 1.165) is 5.56 Å². The summed E-state index contributed by atoms with van der Waals surface area (Å²) < 4.78 is 20.6. The lowest BCUT2D eigenvalue weighted by Gasteiger charge is -2.25. The molecule has 5 rings (SSSR count). The van der Waals surface area contributed by atoms with Gasteiger partial charge in [-0.3, -0.25) is 14.2 Å². The maximum Gasteiger partial charge on any atom is 0.271 e. The van der Waals surface area contributed by atoms with E-state index in [-0.39, 0.29) is 17.3 Å². The van der Waals surface area contributed by atoms with E-state index in [1.54, 1.807) is 61.1 Å². The number of rotatable bonds is 5. The smallest absolute Gasteiger partial charge is 0.271 e. The Kier molecular flexibility index (Phi) is 6.35. The lowest BCUT2D eigenvalue weighted by Crippen LogP contribution is -2.40. The van der Waals surface area contributed by atoms with E-state index < -0.39 is 6.04 Å². The fourth-order valence-electron chi connectivity index (χ4n) is 4.14. The number of para-hydroxylation sites is 1. The summed E-state index contributed by atoms with van der Waals surface area (Å²) in [6.45, 7) is 1.77. The minimum absolute atomic E-state index is 0.276. The molecule has 0 saturated carbocycles. The number of anilines is 1. The molecule has 36 heavy (non-hydrogen) atoms. The van der Waals surface area contributed by atoms with Crippen LogP contribution in [0.3, 0.4) is 0 Å². The van der Waals surface area contributed by atoms with Gasteiger partial charge in [-0.05, 0) is 60.5 Å². The monoisotopic (exact) mass is 499 g/mol. The van der Waals surface area contributed by atoms with Gasteiger partial charge in [0.15, 0.2) is 4.80 Å². The molecule has 1 atom stereocenters. The fourth-order valence-corrected chi connectivity index (χ4v) is 5.19. The number of methoxy groups -OCH3 is 1. The summed E-state index contributed by atoms with van der Waals surface area (Å²) in [5.41, 5.74) is 2.72. The average Bonchev–Trinajstić information content (AvgIpc) is 3.19. The Balaban J connectivity index is 1.67. The number of benzene rings is 3. The number of thiazole rings is 1. The lowest BCUT2D eigenvalue weighted by molar-refractivity contribution is -0.113. The molecule has 0 aliphatic carbocycles. The minimum Gasteiger partial charge on any atom is -0.497 e. The number of aromatic nitrogens is 1. The molecule has 1 aliphatic heterocycles. The van der Waals surface area contributed by atoms with Gasteiger partial charge in [-0.1, -0.05) is 53.8 Å². The van der Waals surface area contributed by atoms with Gasteiger partial charge in [-0.25, -0.2) is 9.38 Å². The third kappa shape index (κ3) is 4.50. The molecule has 2 heterocycles. The van der Waals surface area contributed by atoms with Gasteiger partial charge in [-0.15, -0.1) is 0 Å². The number of nitrogens with zero attached hydrogens (tertiary/aromatic N) is 2. The number of halogens is 1. The Labute approximate surface area is 210 Å². The molecule has 6 nitrogen and oxygen atoms in total. The first-order valence-corrected chi connectivity index (χ1v) is 12.0. The number of fused-ring (bicyclic) bond motifs is 1. The molecule has 0 fully saturated rings. The number of ether oxygens (including phenoxy) is 1. The van der Waals surface area contributed by atoms with Crippen molar-refractivity contribution in [1.82, 2.24) is 4.57 Å². The summed E-state index contributed by atoms with van der Waals surface area (Å²) in [5, 5.41) is 2.93. The summed E-state index contributed by atoms with van der Waals surface area (Å²) in [6, 6.07) is 21.6. The Morgan fingerprint density at radius 2 is 1.75 bits per heavy atom. The number of hydrogen-bond acceptors (Lipinski definition) is 5. The van der Waals surface area contributed by atoms with Gasteiger partial charge in [0.25, 0.3) is 11.5 Å². The first-order valence-electron chi connectivity index (χ1n) is 11.2. The molecule has 1 aromatic heterocycles. The normalized spacial score (nSPS) is 15.3. The summed E-state index contributed by atoms with van der Waals surface area (Å²) >= 11 is 1.23. The Morgan fingerprint density at radius 3 is 2.42 bits per heavy atom. The fraction of sp³-hybridized carbons (Fsp3) is 0.107. The molecule has 0 radical (unpaired) electrons. The molecule has 3 aromatic carbocycles. The van der Waals surface area contributed by atoms with Gasteiger partial charge in [0, 0.05) is 5.69 Å². The van der Waals surface area contributed by atoms with E-state index in [2.05, 4.69) is 10.3 Å². The first kappa shape index (κ1) is 23.4. The van der Waals surface area contributed by atoms with E-state index in [9.17, 15) is 14.0 Å². The van der Waals surface area contributed by atoms with Gasteiger partial charge < -0.3 is 10.1 Å². The first-order chi connectivity index (χ1) is 17.4. The highest BCUT2D eigenvalue weighted by atomic mass is 32.1. The highest BCUT2D eigenvalue weighted by Gasteiger charge is 2.32. The van der Waals surface area contributed by atoms with E-state index in [1.165, 1.54) is 23.5 Å². The zero-order chi connectivity index (χ0) is 25.2. The maximum atomic E-state index is 13.7. The van der Waals surface area contributed by atoms with E-state index in [1.807, 2.05) is 30.3 Å². The number of hydrogen-bond donors (Lipinski definition) is 1. The van der Waals surface area contributed by atoms with Crippen molar-refractivity contribution in [2.24, 2.45) is 4.99 Å². The van der Waals surface area contributed by atoms with Crippen LogP contribution in [-0.4, -0.2) is 17.6 Å².